The predicted octanol–water partition coefficient (Wildman–Crippen LogP) is 4.45. The molecule has 0 spiro atoms. The van der Waals surface area contributed by atoms with Crippen molar-refractivity contribution < 1.29 is 4.79 Å². The first kappa shape index (κ1) is 19.5. The number of carbonyl (C=O) groups excluding carboxylic acids is 1. The lowest BCUT2D eigenvalue weighted by Crippen LogP contribution is -2.32. The van der Waals surface area contributed by atoms with Crippen LogP contribution in [0.15, 0.2) is 66.2 Å². The first-order chi connectivity index (χ1) is 14.1. The molecule has 2 atom stereocenters. The molecule has 4 rings (SSSR count). The maximum atomic E-state index is 12.5. The van der Waals surface area contributed by atoms with Gasteiger partial charge in [-0.1, -0.05) is 24.3 Å². The van der Waals surface area contributed by atoms with E-state index < -0.39 is 0 Å². The summed E-state index contributed by atoms with van der Waals surface area (Å²) in [5.41, 5.74) is 2.98. The standard InChI is InChI=1S/C22H22N4OS2/c1-15-11-14-29-21(15)20-19(17-9-5-6-12-23-17)25-22(28)26(20)13-10-18(27)24-16-7-3-2-4-8-16/h2-9,11-12,14,19-20H,10,13H2,1H3,(H,24,27)(H,25,28)/t19-,20+/m1/s1. The number of thiophene rings is 1. The Hall–Kier alpha value is -2.77. The number of rotatable bonds is 6. The maximum absolute atomic E-state index is 12.5. The van der Waals surface area contributed by atoms with Crippen LogP contribution in [0.4, 0.5) is 5.69 Å². The van der Waals surface area contributed by atoms with Crippen molar-refractivity contribution in [2.24, 2.45) is 0 Å². The molecule has 0 radical (unpaired) electrons. The molecule has 5 nitrogen and oxygen atoms in total. The van der Waals surface area contributed by atoms with E-state index in [1.807, 2.05) is 48.5 Å². The molecular formula is C22H22N4OS2. The van der Waals surface area contributed by atoms with Crippen molar-refractivity contribution in [3.8, 4) is 0 Å². The summed E-state index contributed by atoms with van der Waals surface area (Å²) >= 11 is 7.37. The summed E-state index contributed by atoms with van der Waals surface area (Å²) in [6.45, 7) is 2.65. The summed E-state index contributed by atoms with van der Waals surface area (Å²) in [6, 6.07) is 17.5. The molecule has 0 saturated carbocycles. The summed E-state index contributed by atoms with van der Waals surface area (Å²) < 4.78 is 0. The van der Waals surface area contributed by atoms with E-state index in [1.165, 1.54) is 10.4 Å². The summed E-state index contributed by atoms with van der Waals surface area (Å²) in [5, 5.41) is 9.13. The molecular weight excluding hydrogens is 400 g/mol. The van der Waals surface area contributed by atoms with Crippen LogP contribution in [0.5, 0.6) is 0 Å². The third-order valence-corrected chi connectivity index (χ3v) is 6.45. The minimum atomic E-state index is -0.0433. The average molecular weight is 423 g/mol. The molecule has 0 unspecified atom stereocenters. The van der Waals surface area contributed by atoms with Gasteiger partial charge in [0.2, 0.25) is 5.91 Å². The van der Waals surface area contributed by atoms with Gasteiger partial charge >= 0.3 is 0 Å². The van der Waals surface area contributed by atoms with Crippen molar-refractivity contribution >= 4 is 40.3 Å². The molecule has 0 bridgehead atoms. The zero-order valence-electron chi connectivity index (χ0n) is 16.0. The van der Waals surface area contributed by atoms with Crippen LogP contribution in [0.1, 0.15) is 34.6 Å². The van der Waals surface area contributed by atoms with Crippen molar-refractivity contribution in [1.29, 1.82) is 0 Å². The number of amides is 1. The van der Waals surface area contributed by atoms with E-state index in [0.29, 0.717) is 18.1 Å². The first-order valence-electron chi connectivity index (χ1n) is 9.50. The van der Waals surface area contributed by atoms with Gasteiger partial charge in [-0.2, -0.15) is 0 Å². The maximum Gasteiger partial charge on any atom is 0.226 e. The van der Waals surface area contributed by atoms with Crippen molar-refractivity contribution in [3.63, 3.8) is 0 Å². The second-order valence-corrected chi connectivity index (χ2v) is 8.29. The molecule has 0 aliphatic carbocycles. The monoisotopic (exact) mass is 422 g/mol. The second-order valence-electron chi connectivity index (χ2n) is 6.95. The lowest BCUT2D eigenvalue weighted by molar-refractivity contribution is -0.116. The Morgan fingerprint density at radius 2 is 2.00 bits per heavy atom. The molecule has 7 heteroatoms. The molecule has 148 valence electrons. The van der Waals surface area contributed by atoms with Gasteiger partial charge < -0.3 is 15.5 Å². The van der Waals surface area contributed by atoms with Gasteiger partial charge in [-0.05, 0) is 60.4 Å². The number of aryl methyl sites for hydroxylation is 1. The normalized spacial score (nSPS) is 18.5. The summed E-state index contributed by atoms with van der Waals surface area (Å²) in [4.78, 5) is 20.4. The van der Waals surface area contributed by atoms with Crippen LogP contribution < -0.4 is 10.6 Å². The molecule has 1 aliphatic heterocycles. The van der Waals surface area contributed by atoms with Gasteiger partial charge in [0.05, 0.1) is 17.8 Å². The molecule has 3 heterocycles. The van der Waals surface area contributed by atoms with E-state index in [-0.39, 0.29) is 18.0 Å². The molecule has 1 amide bonds. The van der Waals surface area contributed by atoms with E-state index in [1.54, 1.807) is 17.5 Å². The fourth-order valence-corrected chi connectivity index (χ4v) is 4.99. The van der Waals surface area contributed by atoms with Crippen molar-refractivity contribution in [2.45, 2.75) is 25.4 Å². The number of hydrogen-bond donors (Lipinski definition) is 2. The Bertz CT molecular complexity index is 990. The number of benzene rings is 1. The lowest BCUT2D eigenvalue weighted by Gasteiger charge is -2.27. The van der Waals surface area contributed by atoms with Crippen molar-refractivity contribution in [1.82, 2.24) is 15.2 Å². The summed E-state index contributed by atoms with van der Waals surface area (Å²) in [7, 11) is 0. The number of para-hydroxylation sites is 1. The van der Waals surface area contributed by atoms with Gasteiger partial charge in [0.25, 0.3) is 0 Å². The zero-order valence-corrected chi connectivity index (χ0v) is 17.7. The number of aromatic nitrogens is 1. The van der Waals surface area contributed by atoms with Gasteiger partial charge in [-0.15, -0.1) is 11.3 Å². The number of nitrogens with zero attached hydrogens (tertiary/aromatic N) is 2. The molecule has 1 fully saturated rings. The number of pyridine rings is 1. The Labute approximate surface area is 179 Å². The Morgan fingerprint density at radius 1 is 1.21 bits per heavy atom. The Balaban J connectivity index is 1.53. The van der Waals surface area contributed by atoms with E-state index in [0.717, 1.165) is 11.4 Å². The average Bonchev–Trinajstić information content (AvgIpc) is 3.30. The van der Waals surface area contributed by atoms with E-state index in [2.05, 4.69) is 38.9 Å². The zero-order chi connectivity index (χ0) is 20.2. The van der Waals surface area contributed by atoms with Crippen LogP contribution >= 0.6 is 23.6 Å². The van der Waals surface area contributed by atoms with Crippen LogP contribution in [0.2, 0.25) is 0 Å². The third-order valence-electron chi connectivity index (χ3n) is 5.01. The number of anilines is 1. The van der Waals surface area contributed by atoms with Crippen LogP contribution in [-0.2, 0) is 4.79 Å². The molecule has 1 aromatic carbocycles. The van der Waals surface area contributed by atoms with Crippen LogP contribution in [0.25, 0.3) is 0 Å². The van der Waals surface area contributed by atoms with Gasteiger partial charge in [-0.3, -0.25) is 9.78 Å². The smallest absolute Gasteiger partial charge is 0.226 e. The van der Waals surface area contributed by atoms with E-state index in [9.17, 15) is 4.79 Å². The highest BCUT2D eigenvalue weighted by Gasteiger charge is 2.40. The highest BCUT2D eigenvalue weighted by atomic mass is 32.1. The van der Waals surface area contributed by atoms with Gasteiger partial charge in [0.1, 0.15) is 0 Å². The van der Waals surface area contributed by atoms with Crippen molar-refractivity contribution in [2.75, 3.05) is 11.9 Å². The fraction of sp³-hybridized carbons (Fsp3) is 0.227. The van der Waals surface area contributed by atoms with Crippen LogP contribution in [0.3, 0.4) is 0 Å². The molecule has 2 aromatic heterocycles. The topological polar surface area (TPSA) is 57.3 Å². The summed E-state index contributed by atoms with van der Waals surface area (Å²) in [6.07, 6.45) is 2.15. The molecule has 1 saturated heterocycles. The van der Waals surface area contributed by atoms with E-state index in [4.69, 9.17) is 12.2 Å². The summed E-state index contributed by atoms with van der Waals surface area (Å²) in [5.74, 6) is -0.0260. The molecule has 3 aromatic rings. The highest BCUT2D eigenvalue weighted by molar-refractivity contribution is 7.80. The molecule has 2 N–H and O–H groups in total. The van der Waals surface area contributed by atoms with Gasteiger partial charge in [0, 0.05) is 29.7 Å². The number of carbonyl (C=O) groups is 1. The number of thiocarbonyl (C=S) groups is 1. The Kier molecular flexibility index (Phi) is 5.87. The first-order valence-corrected chi connectivity index (χ1v) is 10.8. The highest BCUT2D eigenvalue weighted by Crippen LogP contribution is 2.41. The molecule has 29 heavy (non-hydrogen) atoms. The van der Waals surface area contributed by atoms with Crippen LogP contribution in [-0.4, -0.2) is 27.4 Å². The number of hydrogen-bond acceptors (Lipinski definition) is 4. The minimum Gasteiger partial charge on any atom is -0.352 e. The molecule has 1 aliphatic rings. The SMILES string of the molecule is Cc1ccsc1[C@@H]1[C@@H](c2ccccn2)NC(=S)N1CCC(=O)Nc1ccccc1. The van der Waals surface area contributed by atoms with Crippen molar-refractivity contribution in [3.05, 3.63) is 82.3 Å². The van der Waals surface area contributed by atoms with E-state index >= 15 is 0 Å². The van der Waals surface area contributed by atoms with Gasteiger partial charge in [0.15, 0.2) is 5.11 Å². The quantitative estimate of drug-likeness (QED) is 0.575. The van der Waals surface area contributed by atoms with Gasteiger partial charge in [-0.25, -0.2) is 0 Å². The fourth-order valence-electron chi connectivity index (χ4n) is 3.58. The predicted molar refractivity (Wildman–Crippen MR) is 121 cm³/mol. The van der Waals surface area contributed by atoms with Crippen LogP contribution in [0, 0.1) is 6.92 Å². The lowest BCUT2D eigenvalue weighted by atomic mass is 10.0. The largest absolute Gasteiger partial charge is 0.352 e. The minimum absolute atomic E-state index is 0.0157. The third kappa shape index (κ3) is 4.31. The Morgan fingerprint density at radius 3 is 2.69 bits per heavy atom. The number of nitrogens with one attached hydrogen (secondary N) is 2. The second kappa shape index (κ2) is 8.71.